The third-order valence-corrected chi connectivity index (χ3v) is 13.4. The number of Topliss-reactive ketones (excluding diaryl/α,β-unsaturated/α-hetero) is 1. The average Bonchev–Trinajstić information content (AvgIpc) is 3.32. The number of hydrogen-bond acceptors (Lipinski definition) is 4. The van der Waals surface area contributed by atoms with Crippen LogP contribution in [-0.2, 0) is 0 Å². The molecule has 0 aliphatic heterocycles. The number of nitrogens with zero attached hydrogens (tertiary/aromatic N) is 1. The molecular formula is C39H46F2N2O4. The van der Waals surface area contributed by atoms with Crippen molar-refractivity contribution in [3.8, 4) is 0 Å². The predicted molar refractivity (Wildman–Crippen MR) is 177 cm³/mol. The van der Waals surface area contributed by atoms with Crippen molar-refractivity contribution in [2.75, 3.05) is 18.4 Å². The van der Waals surface area contributed by atoms with Crippen LogP contribution in [0.15, 0.2) is 72.3 Å². The van der Waals surface area contributed by atoms with Gasteiger partial charge < -0.3 is 20.4 Å². The number of fused-ring (bicyclic) bond motifs is 1. The van der Waals surface area contributed by atoms with Gasteiger partial charge in [-0.3, -0.25) is 4.79 Å². The Morgan fingerprint density at radius 1 is 0.936 bits per heavy atom. The molecule has 0 saturated heterocycles. The van der Waals surface area contributed by atoms with Gasteiger partial charge in [0.05, 0.1) is 18.2 Å². The Hall–Kier alpha value is -3.36. The summed E-state index contributed by atoms with van der Waals surface area (Å²) in [6, 6.07) is 12.4. The lowest BCUT2D eigenvalue weighted by Gasteiger charge is -2.71. The van der Waals surface area contributed by atoms with Crippen LogP contribution in [0.25, 0.3) is 0 Å². The molecule has 47 heavy (non-hydrogen) atoms. The minimum Gasteiger partial charge on any atom is -0.393 e. The minimum atomic E-state index is -1.21. The number of para-hydroxylation sites is 1. The number of aliphatic hydroxyl groups is 2. The highest BCUT2D eigenvalue weighted by atomic mass is 19.2. The number of carbonyl (C=O) groups excluding carboxylic acids is 2. The molecule has 3 N–H and O–H groups in total. The molecule has 2 spiro atoms. The van der Waals surface area contributed by atoms with E-state index in [2.05, 4.69) is 37.4 Å². The van der Waals surface area contributed by atoms with E-state index in [9.17, 15) is 28.6 Å². The van der Waals surface area contributed by atoms with Crippen LogP contribution in [0.1, 0.15) is 82.5 Å². The summed E-state index contributed by atoms with van der Waals surface area (Å²) in [4.78, 5) is 29.9. The summed E-state index contributed by atoms with van der Waals surface area (Å²) in [5, 5.41) is 26.6. The summed E-state index contributed by atoms with van der Waals surface area (Å²) in [6.45, 7) is 7.10. The molecule has 0 heterocycles. The van der Waals surface area contributed by atoms with Gasteiger partial charge in [0.1, 0.15) is 0 Å². The van der Waals surface area contributed by atoms with E-state index >= 15 is 0 Å². The van der Waals surface area contributed by atoms with Crippen LogP contribution in [0.2, 0.25) is 0 Å². The van der Waals surface area contributed by atoms with Gasteiger partial charge in [0.15, 0.2) is 17.4 Å². The van der Waals surface area contributed by atoms with Crippen molar-refractivity contribution in [1.82, 2.24) is 4.90 Å². The quantitative estimate of drug-likeness (QED) is 0.213. The molecular weight excluding hydrogens is 598 g/mol. The van der Waals surface area contributed by atoms with Crippen LogP contribution < -0.4 is 5.32 Å². The highest BCUT2D eigenvalue weighted by molar-refractivity contribution is 6.10. The topological polar surface area (TPSA) is 89.9 Å². The van der Waals surface area contributed by atoms with Crippen LogP contribution >= 0.6 is 0 Å². The van der Waals surface area contributed by atoms with E-state index in [4.69, 9.17) is 0 Å². The summed E-state index contributed by atoms with van der Waals surface area (Å²) in [7, 11) is 0. The Morgan fingerprint density at radius 2 is 1.64 bits per heavy atom. The first kappa shape index (κ1) is 32.2. The van der Waals surface area contributed by atoms with E-state index in [-0.39, 0.29) is 41.2 Å². The van der Waals surface area contributed by atoms with E-state index in [0.29, 0.717) is 43.5 Å². The summed E-state index contributed by atoms with van der Waals surface area (Å²) in [5.41, 5.74) is -1.96. The second-order valence-electron chi connectivity index (χ2n) is 15.5. The fourth-order valence-corrected chi connectivity index (χ4v) is 11.0. The molecule has 0 radical (unpaired) electrons. The molecule has 8 heteroatoms. The Morgan fingerprint density at radius 3 is 2.36 bits per heavy atom. The van der Waals surface area contributed by atoms with Crippen molar-refractivity contribution >= 4 is 17.5 Å². The number of nitrogens with one attached hydrogen (secondary N) is 1. The highest BCUT2D eigenvalue weighted by Crippen LogP contribution is 2.78. The number of amides is 2. The van der Waals surface area contributed by atoms with Gasteiger partial charge in [0.25, 0.3) is 0 Å². The minimum absolute atomic E-state index is 0.0651. The molecule has 6 aliphatic carbocycles. The zero-order valence-electron chi connectivity index (χ0n) is 27.6. The molecule has 6 nitrogen and oxygen atoms in total. The van der Waals surface area contributed by atoms with Gasteiger partial charge in [-0.25, -0.2) is 13.6 Å². The van der Waals surface area contributed by atoms with E-state index in [1.165, 1.54) is 6.07 Å². The van der Waals surface area contributed by atoms with Crippen molar-refractivity contribution in [3.63, 3.8) is 0 Å². The molecule has 250 valence electrons. The van der Waals surface area contributed by atoms with Crippen LogP contribution in [0.5, 0.6) is 0 Å². The molecule has 1 unspecified atom stereocenters. The third-order valence-electron chi connectivity index (χ3n) is 13.4. The summed E-state index contributed by atoms with van der Waals surface area (Å²) in [5.74, 6) is -2.45. The fraction of sp³-hybridized carbons (Fsp3) is 0.538. The molecule has 8 atom stereocenters. The van der Waals surface area contributed by atoms with Gasteiger partial charge in [0.2, 0.25) is 0 Å². The van der Waals surface area contributed by atoms with Crippen LogP contribution in [0.3, 0.4) is 0 Å². The van der Waals surface area contributed by atoms with E-state index in [1.54, 1.807) is 4.90 Å². The first-order valence-electron chi connectivity index (χ1n) is 17.3. The molecule has 2 aromatic carbocycles. The predicted octanol–water partition coefficient (Wildman–Crippen LogP) is 7.68. The van der Waals surface area contributed by atoms with Crippen LogP contribution in [0, 0.1) is 45.1 Å². The number of allylic oxidation sites excluding steroid dienone is 4. The van der Waals surface area contributed by atoms with E-state index < -0.39 is 39.6 Å². The monoisotopic (exact) mass is 644 g/mol. The van der Waals surface area contributed by atoms with Crippen LogP contribution in [0.4, 0.5) is 19.3 Å². The summed E-state index contributed by atoms with van der Waals surface area (Å²) >= 11 is 0. The lowest BCUT2D eigenvalue weighted by Crippen LogP contribution is -2.67. The van der Waals surface area contributed by atoms with Crippen molar-refractivity contribution in [2.45, 2.75) is 83.8 Å². The van der Waals surface area contributed by atoms with Crippen molar-refractivity contribution < 1.29 is 28.6 Å². The number of aliphatic hydroxyl groups excluding tert-OH is 1. The molecule has 2 amide bonds. The number of anilines is 1. The standard InChI is InChI=1S/C39H46F2N2O4/c1-4-20-43(34(46)42-26-8-6-5-7-9-26)24-38(47)17-14-32-36(38,3)16-13-31-35(2)15-12-27(44)22-37(35)18-19-39(31,32)28(23-37)33(45)25-10-11-29(40)30(41)21-25/h5-11,18-19,21,23,27,31-32,44,47H,4,12-17,20,22,24H2,1-3H3,(H,42,46)/t27?,31-,32-,35-,36+,37+,38-,39-/m1/s1. The highest BCUT2D eigenvalue weighted by Gasteiger charge is 2.74. The maximum Gasteiger partial charge on any atom is 0.321 e. The van der Waals surface area contributed by atoms with Gasteiger partial charge in [0, 0.05) is 39.6 Å². The molecule has 2 bridgehead atoms. The largest absolute Gasteiger partial charge is 0.393 e. The Bertz CT molecular complexity index is 1660. The van der Waals surface area contributed by atoms with Crippen molar-refractivity contribution in [2.24, 2.45) is 33.5 Å². The normalized spacial score (nSPS) is 38.2. The van der Waals surface area contributed by atoms with Crippen molar-refractivity contribution in [3.05, 3.63) is 89.5 Å². The fourth-order valence-electron chi connectivity index (χ4n) is 11.0. The maximum absolute atomic E-state index is 14.6. The van der Waals surface area contributed by atoms with Crippen molar-refractivity contribution in [1.29, 1.82) is 0 Å². The first-order chi connectivity index (χ1) is 22.3. The van der Waals surface area contributed by atoms with E-state index in [0.717, 1.165) is 37.8 Å². The lowest BCUT2D eigenvalue weighted by atomic mass is 9.32. The number of hydrogen-bond donors (Lipinski definition) is 3. The molecule has 0 aromatic heterocycles. The zero-order valence-corrected chi connectivity index (χ0v) is 27.6. The average molecular weight is 645 g/mol. The number of ketones is 1. The summed E-state index contributed by atoms with van der Waals surface area (Å²) in [6.07, 6.45) is 11.4. The Labute approximate surface area is 275 Å². The SMILES string of the molecule is CCCN(C[C@]1(O)CC[C@H]2[C@]34C=C[C@@]5(C=C3C(=O)c3ccc(F)c(F)c3)CC(O)CC[C@]5(C)[C@H]4CC[C@@]21C)C(=O)Nc1ccccc1. The number of carbonyl (C=O) groups is 2. The van der Waals surface area contributed by atoms with Gasteiger partial charge in [-0.05, 0) is 98.9 Å². The van der Waals surface area contributed by atoms with Crippen LogP contribution in [-0.4, -0.2) is 51.7 Å². The van der Waals surface area contributed by atoms with Gasteiger partial charge in [-0.2, -0.15) is 0 Å². The van der Waals surface area contributed by atoms with Gasteiger partial charge in [-0.15, -0.1) is 0 Å². The molecule has 8 rings (SSSR count). The number of urea groups is 1. The summed E-state index contributed by atoms with van der Waals surface area (Å²) < 4.78 is 28.5. The molecule has 2 aromatic rings. The van der Waals surface area contributed by atoms with E-state index in [1.807, 2.05) is 37.3 Å². The molecule has 6 aliphatic rings. The molecule has 3 fully saturated rings. The maximum atomic E-state index is 14.6. The lowest BCUT2D eigenvalue weighted by molar-refractivity contribution is -0.174. The second kappa shape index (κ2) is 11.1. The Kier molecular flexibility index (Phi) is 7.60. The third kappa shape index (κ3) is 4.53. The number of rotatable bonds is 7. The molecule has 3 saturated carbocycles. The smallest absolute Gasteiger partial charge is 0.321 e. The zero-order chi connectivity index (χ0) is 33.4. The van der Waals surface area contributed by atoms with Gasteiger partial charge >= 0.3 is 6.03 Å². The first-order valence-corrected chi connectivity index (χ1v) is 17.3. The second-order valence-corrected chi connectivity index (χ2v) is 15.5. The number of benzene rings is 2. The number of halogens is 2. The van der Waals surface area contributed by atoms with Gasteiger partial charge in [-0.1, -0.05) is 57.2 Å². The Balaban J connectivity index is 1.30.